The van der Waals surface area contributed by atoms with Gasteiger partial charge in [-0.15, -0.1) is 11.3 Å². The second kappa shape index (κ2) is 8.32. The summed E-state index contributed by atoms with van der Waals surface area (Å²) < 4.78 is 7.04. The average Bonchev–Trinajstić information content (AvgIpc) is 3.68. The highest BCUT2D eigenvalue weighted by molar-refractivity contribution is 7.26. The zero-order chi connectivity index (χ0) is 27.1. The molecular formula is C37H21N3S. The quantitative estimate of drug-likeness (QED) is 0.215. The highest BCUT2D eigenvalue weighted by Crippen LogP contribution is 2.46. The Balaban J connectivity index is 1.62. The summed E-state index contributed by atoms with van der Waals surface area (Å²) in [5.74, 6) is 0. The maximum atomic E-state index is 10.8. The van der Waals surface area contributed by atoms with Gasteiger partial charge in [-0.1, -0.05) is 91.0 Å². The molecule has 0 aliphatic heterocycles. The number of hydrogen-bond acceptors (Lipinski definition) is 2. The van der Waals surface area contributed by atoms with E-state index in [4.69, 9.17) is 0 Å². The molecule has 3 nitrogen and oxygen atoms in total. The monoisotopic (exact) mass is 539 g/mol. The van der Waals surface area contributed by atoms with E-state index in [9.17, 15) is 5.26 Å². The molecule has 6 aromatic carbocycles. The molecule has 4 heteroatoms. The lowest BCUT2D eigenvalue weighted by Gasteiger charge is -2.20. The lowest BCUT2D eigenvalue weighted by atomic mass is 10.0. The van der Waals surface area contributed by atoms with Gasteiger partial charge in [0.25, 0.3) is 0 Å². The van der Waals surface area contributed by atoms with Crippen molar-refractivity contribution in [3.05, 3.63) is 133 Å². The van der Waals surface area contributed by atoms with Crippen LogP contribution in [0.3, 0.4) is 0 Å². The van der Waals surface area contributed by atoms with Crippen molar-refractivity contribution in [2.24, 2.45) is 0 Å². The molecule has 0 saturated carbocycles. The number of nitrogens with zero attached hydrogens (tertiary/aromatic N) is 3. The summed E-state index contributed by atoms with van der Waals surface area (Å²) >= 11 is 1.75. The Bertz CT molecular complexity index is 2450. The molecule has 0 aliphatic carbocycles. The van der Waals surface area contributed by atoms with Gasteiger partial charge in [-0.25, -0.2) is 0 Å². The van der Waals surface area contributed by atoms with Crippen LogP contribution >= 0.6 is 11.3 Å². The predicted molar refractivity (Wildman–Crippen MR) is 173 cm³/mol. The molecule has 0 saturated heterocycles. The molecule has 0 atom stereocenters. The Kier molecular flexibility index (Phi) is 4.55. The van der Waals surface area contributed by atoms with Crippen molar-refractivity contribution in [3.63, 3.8) is 0 Å². The molecule has 0 unspecified atom stereocenters. The van der Waals surface area contributed by atoms with Gasteiger partial charge < -0.3 is 9.13 Å². The topological polar surface area (TPSA) is 33.6 Å². The second-order valence-corrected chi connectivity index (χ2v) is 11.5. The predicted octanol–water partition coefficient (Wildman–Crippen LogP) is 10.1. The second-order valence-electron chi connectivity index (χ2n) is 10.4. The molecule has 0 spiro atoms. The Morgan fingerprint density at radius 1 is 0.463 bits per heavy atom. The Hall–Kier alpha value is -5.37. The van der Waals surface area contributed by atoms with E-state index in [1.807, 2.05) is 0 Å². The Morgan fingerprint density at radius 3 is 1.37 bits per heavy atom. The number of benzene rings is 6. The number of aromatic nitrogens is 2. The molecule has 0 bridgehead atoms. The summed E-state index contributed by atoms with van der Waals surface area (Å²) in [5.41, 5.74) is 7.04. The van der Waals surface area contributed by atoms with Gasteiger partial charge in [0.2, 0.25) is 0 Å². The van der Waals surface area contributed by atoms with Crippen LogP contribution in [0, 0.1) is 11.3 Å². The minimum Gasteiger partial charge on any atom is -0.306 e. The summed E-state index contributed by atoms with van der Waals surface area (Å²) in [7, 11) is 0. The molecular weight excluding hydrogens is 518 g/mol. The first-order valence-electron chi connectivity index (χ1n) is 13.7. The van der Waals surface area contributed by atoms with Crippen molar-refractivity contribution in [1.82, 2.24) is 9.13 Å². The van der Waals surface area contributed by atoms with Gasteiger partial charge in [-0.05, 0) is 36.4 Å². The number of nitriles is 1. The molecule has 41 heavy (non-hydrogen) atoms. The van der Waals surface area contributed by atoms with Crippen molar-refractivity contribution in [3.8, 4) is 17.4 Å². The van der Waals surface area contributed by atoms with Crippen LogP contribution in [0.1, 0.15) is 5.56 Å². The van der Waals surface area contributed by atoms with Gasteiger partial charge in [-0.3, -0.25) is 0 Å². The van der Waals surface area contributed by atoms with Crippen molar-refractivity contribution in [1.29, 1.82) is 5.26 Å². The summed E-state index contributed by atoms with van der Waals surface area (Å²) in [6.07, 6.45) is 0. The summed E-state index contributed by atoms with van der Waals surface area (Å²) in [6, 6.07) is 47.6. The van der Waals surface area contributed by atoms with Crippen LogP contribution < -0.4 is 0 Å². The van der Waals surface area contributed by atoms with E-state index in [1.165, 1.54) is 37.0 Å². The zero-order valence-electron chi connectivity index (χ0n) is 21.9. The SMILES string of the molecule is N#Cc1cc2sc3ccccc3c2c(-n2c3ccccc3c3ccccc32)c1-n1c2ccccc2c2ccccc21. The van der Waals surface area contributed by atoms with E-state index in [0.29, 0.717) is 5.56 Å². The van der Waals surface area contributed by atoms with Gasteiger partial charge in [-0.2, -0.15) is 5.26 Å². The van der Waals surface area contributed by atoms with Gasteiger partial charge in [0.1, 0.15) is 6.07 Å². The fraction of sp³-hybridized carbons (Fsp3) is 0. The third-order valence-electron chi connectivity index (χ3n) is 8.34. The highest BCUT2D eigenvalue weighted by atomic mass is 32.1. The first-order chi connectivity index (χ1) is 20.3. The van der Waals surface area contributed by atoms with Crippen LogP contribution in [0.5, 0.6) is 0 Å². The van der Waals surface area contributed by atoms with Crippen molar-refractivity contribution < 1.29 is 0 Å². The van der Waals surface area contributed by atoms with Crippen LogP contribution in [-0.2, 0) is 0 Å². The third-order valence-corrected chi connectivity index (χ3v) is 9.46. The lowest BCUT2D eigenvalue weighted by molar-refractivity contribution is 1.10. The fourth-order valence-electron chi connectivity index (χ4n) is 6.71. The molecule has 0 radical (unpaired) electrons. The summed E-state index contributed by atoms with van der Waals surface area (Å²) in [5, 5.41) is 17.9. The Morgan fingerprint density at radius 2 is 0.878 bits per heavy atom. The minimum absolute atomic E-state index is 0.660. The maximum absolute atomic E-state index is 10.8. The van der Waals surface area contributed by atoms with Crippen LogP contribution in [0.25, 0.3) is 75.2 Å². The van der Waals surface area contributed by atoms with E-state index in [1.54, 1.807) is 11.3 Å². The lowest BCUT2D eigenvalue weighted by Crippen LogP contribution is -2.06. The number of hydrogen-bond donors (Lipinski definition) is 0. The minimum atomic E-state index is 0.660. The first-order valence-corrected chi connectivity index (χ1v) is 14.5. The van der Waals surface area contributed by atoms with Crippen LogP contribution in [0.2, 0.25) is 0 Å². The first kappa shape index (κ1) is 22.4. The van der Waals surface area contributed by atoms with Gasteiger partial charge in [0, 0.05) is 41.7 Å². The smallest absolute Gasteiger partial charge is 0.101 e. The molecule has 0 amide bonds. The number of rotatable bonds is 2. The van der Waals surface area contributed by atoms with Crippen molar-refractivity contribution in [2.75, 3.05) is 0 Å². The van der Waals surface area contributed by atoms with Crippen LogP contribution in [-0.4, -0.2) is 9.13 Å². The molecule has 3 heterocycles. The van der Waals surface area contributed by atoms with Crippen LogP contribution in [0.15, 0.2) is 127 Å². The van der Waals surface area contributed by atoms with Gasteiger partial charge in [0.15, 0.2) is 0 Å². The normalized spacial score (nSPS) is 11.9. The fourth-order valence-corrected chi connectivity index (χ4v) is 7.86. The largest absolute Gasteiger partial charge is 0.306 e. The molecule has 9 aromatic rings. The maximum Gasteiger partial charge on any atom is 0.101 e. The Labute approximate surface area is 239 Å². The molecule has 0 N–H and O–H groups in total. The molecule has 190 valence electrons. The van der Waals surface area contributed by atoms with Gasteiger partial charge in [0.05, 0.1) is 39.0 Å². The average molecular weight is 540 g/mol. The van der Waals surface area contributed by atoms with Crippen LogP contribution in [0.4, 0.5) is 0 Å². The van der Waals surface area contributed by atoms with E-state index < -0.39 is 0 Å². The van der Waals surface area contributed by atoms with E-state index in [-0.39, 0.29) is 0 Å². The standard InChI is InChI=1S/C37H21N3S/c38-22-23-21-34-35(28-15-5-10-20-33(28)41-34)37(40-31-18-8-3-13-26(31)27-14-4-9-19-32(27)40)36(23)39-29-16-6-1-11-24(29)25-12-2-7-17-30(25)39/h1-21H. The number of fused-ring (bicyclic) bond motifs is 9. The zero-order valence-corrected chi connectivity index (χ0v) is 22.7. The van der Waals surface area contributed by atoms with E-state index >= 15 is 0 Å². The van der Waals surface area contributed by atoms with Gasteiger partial charge >= 0.3 is 0 Å². The molecule has 0 fully saturated rings. The highest BCUT2D eigenvalue weighted by Gasteiger charge is 2.26. The van der Waals surface area contributed by atoms with E-state index in [0.717, 1.165) is 38.1 Å². The van der Waals surface area contributed by atoms with Crippen molar-refractivity contribution in [2.45, 2.75) is 0 Å². The summed E-state index contributed by atoms with van der Waals surface area (Å²) in [6.45, 7) is 0. The third kappa shape index (κ3) is 2.96. The molecule has 9 rings (SSSR count). The number of thiophene rings is 1. The summed E-state index contributed by atoms with van der Waals surface area (Å²) in [4.78, 5) is 0. The van der Waals surface area contributed by atoms with E-state index in [2.05, 4.69) is 143 Å². The molecule has 3 aromatic heterocycles. The van der Waals surface area contributed by atoms with Crippen molar-refractivity contribution >= 4 is 75.1 Å². The number of para-hydroxylation sites is 4. The molecule has 0 aliphatic rings.